The average molecular weight is 186 g/mol. The highest BCUT2D eigenvalue weighted by Crippen LogP contribution is 2.36. The molecule has 1 saturated heterocycles. The van der Waals surface area contributed by atoms with Crippen LogP contribution in [0.1, 0.15) is 27.2 Å². The highest BCUT2D eigenvalue weighted by molar-refractivity contribution is 6.71. The van der Waals surface area contributed by atoms with Crippen LogP contribution in [0.3, 0.4) is 0 Å². The Bertz CT molecular complexity index is 148. The predicted octanol–water partition coefficient (Wildman–Crippen LogP) is 3.27. The monoisotopic (exact) mass is 186 g/mol. The lowest BCUT2D eigenvalue weighted by molar-refractivity contribution is 0.116. The van der Waals surface area contributed by atoms with Gasteiger partial charge in [0.05, 0.1) is 0 Å². The summed E-state index contributed by atoms with van der Waals surface area (Å²) in [5, 5.41) is 0. The second-order valence-electron chi connectivity index (χ2n) is 5.67. The summed E-state index contributed by atoms with van der Waals surface area (Å²) in [6.07, 6.45) is 1.38. The molecule has 0 aromatic rings. The highest BCUT2D eigenvalue weighted by atomic mass is 28.4. The first kappa shape index (κ1) is 10.3. The summed E-state index contributed by atoms with van der Waals surface area (Å²) in [6.45, 7) is 12.6. The van der Waals surface area contributed by atoms with Gasteiger partial charge in [-0.05, 0) is 36.9 Å². The molecule has 1 heterocycles. The third kappa shape index (κ3) is 2.59. The van der Waals surface area contributed by atoms with Crippen LogP contribution in [0.2, 0.25) is 19.1 Å². The minimum Gasteiger partial charge on any atom is -0.417 e. The Morgan fingerprint density at radius 1 is 1.25 bits per heavy atom. The minimum atomic E-state index is -1.21. The SMILES string of the molecule is CC(C)(C)C1CC[Si](C)(C)OC1. The largest absolute Gasteiger partial charge is 0.417 e. The number of rotatable bonds is 0. The molecule has 1 nitrogen and oxygen atoms in total. The molecule has 2 heteroatoms. The molecule has 1 aliphatic heterocycles. The summed E-state index contributed by atoms with van der Waals surface area (Å²) in [7, 11) is -1.21. The van der Waals surface area contributed by atoms with Crippen molar-refractivity contribution in [2.24, 2.45) is 11.3 Å². The summed E-state index contributed by atoms with van der Waals surface area (Å²) in [6, 6.07) is 1.34. The van der Waals surface area contributed by atoms with Crippen molar-refractivity contribution in [3.8, 4) is 0 Å². The van der Waals surface area contributed by atoms with E-state index in [1.807, 2.05) is 0 Å². The van der Waals surface area contributed by atoms with E-state index in [0.717, 1.165) is 12.5 Å². The first-order chi connectivity index (χ1) is 5.31. The second-order valence-corrected chi connectivity index (χ2v) is 9.98. The molecular weight excluding hydrogens is 164 g/mol. The maximum atomic E-state index is 5.94. The molecule has 1 rings (SSSR count). The smallest absolute Gasteiger partial charge is 0.186 e. The van der Waals surface area contributed by atoms with E-state index in [-0.39, 0.29) is 0 Å². The molecule has 0 amide bonds. The Morgan fingerprint density at radius 3 is 2.17 bits per heavy atom. The normalized spacial score (nSPS) is 30.2. The first-order valence-electron chi connectivity index (χ1n) is 4.95. The average Bonchev–Trinajstić information content (AvgIpc) is 1.83. The number of hydrogen-bond acceptors (Lipinski definition) is 1. The Hall–Kier alpha value is 0.177. The van der Waals surface area contributed by atoms with Crippen LogP contribution in [-0.2, 0) is 4.43 Å². The fourth-order valence-corrected chi connectivity index (χ4v) is 3.53. The Kier molecular flexibility index (Phi) is 2.69. The molecule has 0 saturated carbocycles. The van der Waals surface area contributed by atoms with Crippen molar-refractivity contribution in [2.45, 2.75) is 46.3 Å². The fourth-order valence-electron chi connectivity index (χ4n) is 1.69. The van der Waals surface area contributed by atoms with Gasteiger partial charge in [-0.2, -0.15) is 0 Å². The van der Waals surface area contributed by atoms with Crippen molar-refractivity contribution in [2.75, 3.05) is 6.61 Å². The van der Waals surface area contributed by atoms with Crippen molar-refractivity contribution >= 4 is 8.32 Å². The van der Waals surface area contributed by atoms with E-state index in [1.165, 1.54) is 12.5 Å². The van der Waals surface area contributed by atoms with Gasteiger partial charge in [0.15, 0.2) is 8.32 Å². The van der Waals surface area contributed by atoms with E-state index >= 15 is 0 Å². The summed E-state index contributed by atoms with van der Waals surface area (Å²) in [4.78, 5) is 0. The second kappa shape index (κ2) is 3.15. The van der Waals surface area contributed by atoms with Crippen molar-refractivity contribution in [1.29, 1.82) is 0 Å². The van der Waals surface area contributed by atoms with E-state index in [9.17, 15) is 0 Å². The predicted molar refractivity (Wildman–Crippen MR) is 55.8 cm³/mol. The zero-order chi connectivity index (χ0) is 9.41. The molecule has 1 unspecified atom stereocenters. The Labute approximate surface area is 77.6 Å². The molecule has 0 aromatic heterocycles. The zero-order valence-electron chi connectivity index (χ0n) is 9.11. The molecule has 1 aliphatic rings. The van der Waals surface area contributed by atoms with E-state index in [2.05, 4.69) is 33.9 Å². The summed E-state index contributed by atoms with van der Waals surface area (Å²) in [5.41, 5.74) is 0.435. The fraction of sp³-hybridized carbons (Fsp3) is 1.00. The van der Waals surface area contributed by atoms with Crippen LogP contribution in [0, 0.1) is 11.3 Å². The van der Waals surface area contributed by atoms with E-state index in [1.54, 1.807) is 0 Å². The lowest BCUT2D eigenvalue weighted by atomic mass is 9.80. The summed E-state index contributed by atoms with van der Waals surface area (Å²) >= 11 is 0. The lowest BCUT2D eigenvalue weighted by Gasteiger charge is -2.39. The minimum absolute atomic E-state index is 0.435. The molecule has 72 valence electrons. The molecule has 12 heavy (non-hydrogen) atoms. The van der Waals surface area contributed by atoms with Crippen molar-refractivity contribution in [3.63, 3.8) is 0 Å². The molecular formula is C10H22OSi. The molecule has 0 radical (unpaired) electrons. The molecule has 0 spiro atoms. The van der Waals surface area contributed by atoms with Crippen LogP contribution >= 0.6 is 0 Å². The van der Waals surface area contributed by atoms with Crippen molar-refractivity contribution < 1.29 is 4.43 Å². The lowest BCUT2D eigenvalue weighted by Crippen LogP contribution is -2.41. The van der Waals surface area contributed by atoms with E-state index in [4.69, 9.17) is 4.43 Å². The summed E-state index contributed by atoms with van der Waals surface area (Å²) < 4.78 is 5.94. The third-order valence-electron chi connectivity index (χ3n) is 2.99. The maximum Gasteiger partial charge on any atom is 0.186 e. The highest BCUT2D eigenvalue weighted by Gasteiger charge is 2.35. The van der Waals surface area contributed by atoms with Gasteiger partial charge in [0.25, 0.3) is 0 Å². The summed E-state index contributed by atoms with van der Waals surface area (Å²) in [5.74, 6) is 0.776. The van der Waals surface area contributed by atoms with Gasteiger partial charge in [0.1, 0.15) is 0 Å². The van der Waals surface area contributed by atoms with Gasteiger partial charge in [-0.1, -0.05) is 20.8 Å². The topological polar surface area (TPSA) is 9.23 Å². The Morgan fingerprint density at radius 2 is 1.83 bits per heavy atom. The first-order valence-corrected chi connectivity index (χ1v) is 8.07. The third-order valence-corrected chi connectivity index (χ3v) is 5.44. The van der Waals surface area contributed by atoms with Gasteiger partial charge in [-0.15, -0.1) is 0 Å². The molecule has 1 atom stereocenters. The van der Waals surface area contributed by atoms with Gasteiger partial charge in [0.2, 0.25) is 0 Å². The van der Waals surface area contributed by atoms with Crippen molar-refractivity contribution in [3.05, 3.63) is 0 Å². The Balaban J connectivity index is 2.47. The van der Waals surface area contributed by atoms with E-state index in [0.29, 0.717) is 5.41 Å². The number of hydrogen-bond donors (Lipinski definition) is 0. The maximum absolute atomic E-state index is 5.94. The van der Waals surface area contributed by atoms with Crippen LogP contribution in [0.4, 0.5) is 0 Å². The van der Waals surface area contributed by atoms with Gasteiger partial charge >= 0.3 is 0 Å². The zero-order valence-corrected chi connectivity index (χ0v) is 10.1. The quantitative estimate of drug-likeness (QED) is 0.528. The molecule has 0 bridgehead atoms. The van der Waals surface area contributed by atoms with E-state index < -0.39 is 8.32 Å². The molecule has 1 fully saturated rings. The van der Waals surface area contributed by atoms with Gasteiger partial charge in [-0.25, -0.2) is 0 Å². The molecule has 0 aliphatic carbocycles. The van der Waals surface area contributed by atoms with Gasteiger partial charge in [-0.3, -0.25) is 0 Å². The standard InChI is InChI=1S/C10H22OSi/c1-10(2,3)9-6-7-12(4,5)11-8-9/h9H,6-8H2,1-5H3. The van der Waals surface area contributed by atoms with Gasteiger partial charge < -0.3 is 4.43 Å². The van der Waals surface area contributed by atoms with Crippen LogP contribution in [0.15, 0.2) is 0 Å². The van der Waals surface area contributed by atoms with Crippen LogP contribution < -0.4 is 0 Å². The van der Waals surface area contributed by atoms with Crippen molar-refractivity contribution in [1.82, 2.24) is 0 Å². The molecule has 0 N–H and O–H groups in total. The van der Waals surface area contributed by atoms with Crippen LogP contribution in [0.5, 0.6) is 0 Å². The van der Waals surface area contributed by atoms with Crippen LogP contribution in [0.25, 0.3) is 0 Å². The van der Waals surface area contributed by atoms with Gasteiger partial charge in [0, 0.05) is 6.61 Å². The van der Waals surface area contributed by atoms with Crippen LogP contribution in [-0.4, -0.2) is 14.9 Å². The molecule has 0 aromatic carbocycles.